The van der Waals surface area contributed by atoms with Gasteiger partial charge in [0.15, 0.2) is 5.82 Å². The van der Waals surface area contributed by atoms with Crippen LogP contribution in [0.15, 0.2) is 23.0 Å². The maximum atomic E-state index is 14.6. The molecular formula is C17H20FN5O6S. The van der Waals surface area contributed by atoms with Crippen LogP contribution in [0.25, 0.3) is 0 Å². The summed E-state index contributed by atoms with van der Waals surface area (Å²) in [6.07, 6.45) is 0.758. The Kier molecular flexibility index (Phi) is 5.82. The number of ether oxygens (including phenoxy) is 1. The van der Waals surface area contributed by atoms with Crippen LogP contribution in [0.2, 0.25) is 0 Å². The molecule has 30 heavy (non-hydrogen) atoms. The number of carbonyl (C=O) groups excluding carboxylic acids is 1. The summed E-state index contributed by atoms with van der Waals surface area (Å²) in [6.45, 7) is 3.73. The second-order valence-electron chi connectivity index (χ2n) is 6.95. The molecule has 0 aliphatic carbocycles. The quantitative estimate of drug-likeness (QED) is 0.496. The molecular weight excluding hydrogens is 421 g/mol. The Bertz CT molecular complexity index is 1110. The molecule has 0 bridgehead atoms. The zero-order chi connectivity index (χ0) is 22.1. The normalized spacial score (nSPS) is 15.3. The SMILES string of the molecule is CC(C)CCOc1cc(=O)[nH]c(Nc2cc(O)c(N3CC(=O)NS3(=O)=O)c(F)c2)n1. The lowest BCUT2D eigenvalue weighted by atomic mass is 10.1. The number of carbonyl (C=O) groups is 1. The lowest BCUT2D eigenvalue weighted by Gasteiger charge is -2.18. The number of aromatic nitrogens is 2. The smallest absolute Gasteiger partial charge is 0.326 e. The van der Waals surface area contributed by atoms with Crippen LogP contribution in [0.3, 0.4) is 0 Å². The minimum atomic E-state index is -4.30. The zero-order valence-corrected chi connectivity index (χ0v) is 16.9. The van der Waals surface area contributed by atoms with Gasteiger partial charge in [-0.15, -0.1) is 0 Å². The summed E-state index contributed by atoms with van der Waals surface area (Å²) >= 11 is 0. The van der Waals surface area contributed by atoms with Crippen molar-refractivity contribution in [2.24, 2.45) is 5.92 Å². The number of hydrogen-bond donors (Lipinski definition) is 4. The number of benzene rings is 1. The first-order valence-electron chi connectivity index (χ1n) is 8.92. The Balaban J connectivity index is 1.84. The van der Waals surface area contributed by atoms with Crippen LogP contribution in [0.1, 0.15) is 20.3 Å². The predicted molar refractivity (Wildman–Crippen MR) is 106 cm³/mol. The van der Waals surface area contributed by atoms with Crippen molar-refractivity contribution in [3.05, 3.63) is 34.4 Å². The molecule has 4 N–H and O–H groups in total. The van der Waals surface area contributed by atoms with E-state index in [1.807, 2.05) is 13.8 Å². The average molecular weight is 441 g/mol. The highest BCUT2D eigenvalue weighted by atomic mass is 32.2. The Morgan fingerprint density at radius 1 is 1.33 bits per heavy atom. The lowest BCUT2D eigenvalue weighted by molar-refractivity contribution is -0.117. The highest BCUT2D eigenvalue weighted by molar-refractivity contribution is 7.92. The van der Waals surface area contributed by atoms with Gasteiger partial charge in [0.1, 0.15) is 18.0 Å². The molecule has 1 saturated heterocycles. The molecule has 0 radical (unpaired) electrons. The van der Waals surface area contributed by atoms with E-state index in [1.165, 1.54) is 0 Å². The summed E-state index contributed by atoms with van der Waals surface area (Å²) in [6, 6.07) is 3.08. The van der Waals surface area contributed by atoms with Crippen LogP contribution < -0.4 is 24.6 Å². The van der Waals surface area contributed by atoms with E-state index in [0.29, 0.717) is 16.8 Å². The van der Waals surface area contributed by atoms with Gasteiger partial charge >= 0.3 is 10.2 Å². The van der Waals surface area contributed by atoms with Crippen molar-refractivity contribution >= 4 is 33.4 Å². The van der Waals surface area contributed by atoms with Crippen molar-refractivity contribution < 1.29 is 27.4 Å². The zero-order valence-electron chi connectivity index (χ0n) is 16.1. The number of aromatic hydroxyl groups is 1. The molecule has 2 heterocycles. The Labute approximate surface area is 171 Å². The summed E-state index contributed by atoms with van der Waals surface area (Å²) in [7, 11) is -4.30. The first kappa shape index (κ1) is 21.4. The molecule has 2 aromatic rings. The van der Waals surface area contributed by atoms with E-state index >= 15 is 0 Å². The molecule has 1 aliphatic rings. The van der Waals surface area contributed by atoms with E-state index in [4.69, 9.17) is 4.74 Å². The fourth-order valence-electron chi connectivity index (χ4n) is 2.65. The number of halogens is 1. The molecule has 162 valence electrons. The number of phenols is 1. The fourth-order valence-corrected chi connectivity index (χ4v) is 3.82. The van der Waals surface area contributed by atoms with E-state index in [-0.39, 0.29) is 17.5 Å². The molecule has 1 aromatic heterocycles. The number of H-pyrrole nitrogens is 1. The van der Waals surface area contributed by atoms with Crippen LogP contribution in [0.4, 0.5) is 21.7 Å². The van der Waals surface area contributed by atoms with Crippen LogP contribution in [-0.4, -0.2) is 42.6 Å². The number of hydrogen-bond acceptors (Lipinski definition) is 8. The predicted octanol–water partition coefficient (Wildman–Crippen LogP) is 0.964. The van der Waals surface area contributed by atoms with E-state index < -0.39 is 45.5 Å². The first-order chi connectivity index (χ1) is 14.0. The molecule has 0 atom stereocenters. The van der Waals surface area contributed by atoms with Gasteiger partial charge in [0.25, 0.3) is 11.5 Å². The van der Waals surface area contributed by atoms with Crippen molar-refractivity contribution in [1.29, 1.82) is 0 Å². The third kappa shape index (κ3) is 4.79. The third-order valence-electron chi connectivity index (χ3n) is 4.04. The summed E-state index contributed by atoms with van der Waals surface area (Å²) in [4.78, 5) is 29.6. The number of nitrogens with one attached hydrogen (secondary N) is 3. The third-order valence-corrected chi connectivity index (χ3v) is 5.42. The second kappa shape index (κ2) is 8.18. The summed E-state index contributed by atoms with van der Waals surface area (Å²) in [5.41, 5.74) is -1.21. The van der Waals surface area contributed by atoms with Crippen LogP contribution >= 0.6 is 0 Å². The van der Waals surface area contributed by atoms with Crippen molar-refractivity contribution in [1.82, 2.24) is 14.7 Å². The van der Waals surface area contributed by atoms with Crippen molar-refractivity contribution in [2.45, 2.75) is 20.3 Å². The van der Waals surface area contributed by atoms with Crippen LogP contribution in [0, 0.1) is 11.7 Å². The molecule has 0 saturated carbocycles. The minimum Gasteiger partial charge on any atom is -0.506 e. The Morgan fingerprint density at radius 3 is 2.67 bits per heavy atom. The van der Waals surface area contributed by atoms with Gasteiger partial charge < -0.3 is 15.2 Å². The number of amides is 1. The molecule has 11 nitrogen and oxygen atoms in total. The van der Waals surface area contributed by atoms with E-state index in [2.05, 4.69) is 15.3 Å². The van der Waals surface area contributed by atoms with Gasteiger partial charge in [-0.3, -0.25) is 14.6 Å². The first-order valence-corrected chi connectivity index (χ1v) is 10.4. The van der Waals surface area contributed by atoms with Gasteiger partial charge in [0.2, 0.25) is 11.8 Å². The molecule has 1 fully saturated rings. The van der Waals surface area contributed by atoms with Crippen LogP contribution in [-0.2, 0) is 15.0 Å². The summed E-state index contributed by atoms with van der Waals surface area (Å²) in [5, 5.41) is 12.8. The number of rotatable bonds is 7. The Morgan fingerprint density at radius 2 is 2.07 bits per heavy atom. The number of aromatic amines is 1. The van der Waals surface area contributed by atoms with E-state index in [1.54, 1.807) is 4.72 Å². The van der Waals surface area contributed by atoms with Gasteiger partial charge in [-0.1, -0.05) is 13.8 Å². The number of phenolic OH excluding ortho intramolecular Hbond substituents is 1. The summed E-state index contributed by atoms with van der Waals surface area (Å²) in [5.74, 6) is -2.30. The average Bonchev–Trinajstić information content (AvgIpc) is 2.85. The topological polar surface area (TPSA) is 154 Å². The number of nitrogens with zero attached hydrogens (tertiary/aromatic N) is 2. The molecule has 0 spiro atoms. The molecule has 1 aromatic carbocycles. The van der Waals surface area contributed by atoms with Gasteiger partial charge in [-0.05, 0) is 18.4 Å². The molecule has 13 heteroatoms. The maximum absolute atomic E-state index is 14.6. The van der Waals surface area contributed by atoms with Gasteiger partial charge in [0, 0.05) is 11.8 Å². The summed E-state index contributed by atoms with van der Waals surface area (Å²) < 4.78 is 45.9. The highest BCUT2D eigenvalue weighted by Crippen LogP contribution is 2.36. The van der Waals surface area contributed by atoms with Crippen molar-refractivity contribution in [2.75, 3.05) is 22.8 Å². The van der Waals surface area contributed by atoms with Gasteiger partial charge in [-0.2, -0.15) is 13.4 Å². The van der Waals surface area contributed by atoms with Gasteiger partial charge in [-0.25, -0.2) is 13.4 Å². The largest absolute Gasteiger partial charge is 0.506 e. The van der Waals surface area contributed by atoms with Gasteiger partial charge in [0.05, 0.1) is 12.7 Å². The van der Waals surface area contributed by atoms with Crippen molar-refractivity contribution in [3.8, 4) is 11.6 Å². The van der Waals surface area contributed by atoms with Crippen LogP contribution in [0.5, 0.6) is 11.6 Å². The standard InChI is InChI=1S/C17H20FN5O6S/c1-9(2)3-4-29-15-7-13(25)20-17(21-15)19-10-5-11(18)16(12(24)6-10)23-8-14(26)22-30(23,27)28/h5-7,9,24H,3-4,8H2,1-2H3,(H,22,26)(H2,19,20,21,25). The number of anilines is 3. The van der Waals surface area contributed by atoms with Crippen molar-refractivity contribution in [3.63, 3.8) is 0 Å². The highest BCUT2D eigenvalue weighted by Gasteiger charge is 2.37. The second-order valence-corrected chi connectivity index (χ2v) is 8.55. The minimum absolute atomic E-state index is 0.0212. The monoisotopic (exact) mass is 441 g/mol. The van der Waals surface area contributed by atoms with E-state index in [0.717, 1.165) is 24.6 Å². The molecule has 3 rings (SSSR count). The lowest BCUT2D eigenvalue weighted by Crippen LogP contribution is -2.30. The molecule has 1 aliphatic heterocycles. The van der Waals surface area contributed by atoms with E-state index in [9.17, 15) is 27.5 Å². The Hall–Kier alpha value is -3.35. The maximum Gasteiger partial charge on any atom is 0.326 e. The fraction of sp³-hybridized carbons (Fsp3) is 0.353. The molecule has 0 unspecified atom stereocenters. The molecule has 1 amide bonds.